The van der Waals surface area contributed by atoms with Crippen molar-refractivity contribution in [3.05, 3.63) is 59.2 Å². The summed E-state index contributed by atoms with van der Waals surface area (Å²) in [5.41, 5.74) is 2.02. The normalized spacial score (nSPS) is 23.1. The van der Waals surface area contributed by atoms with Crippen molar-refractivity contribution in [2.45, 2.75) is 68.8 Å². The summed E-state index contributed by atoms with van der Waals surface area (Å²) in [4.78, 5) is 0.475. The lowest BCUT2D eigenvalue weighted by atomic mass is 9.87. The molecule has 2 atom stereocenters. The number of fused-ring (bicyclic) bond motifs is 1. The Balaban J connectivity index is 2.15. The fourth-order valence-electron chi connectivity index (χ4n) is 4.79. The number of unbranched alkanes of at least 4 members (excludes halogenated alkanes) is 1. The number of aryl methyl sites for hydroxylation is 1. The summed E-state index contributed by atoms with van der Waals surface area (Å²) in [7, 11) is -5.69. The Morgan fingerprint density at radius 1 is 1.15 bits per heavy atom. The summed E-state index contributed by atoms with van der Waals surface area (Å²) in [6, 6.07) is 13.3. The molecule has 0 aromatic heterocycles. The van der Waals surface area contributed by atoms with Gasteiger partial charge in [-0.05, 0) is 48.9 Å². The van der Waals surface area contributed by atoms with Crippen molar-refractivity contribution < 1.29 is 26.8 Å². The molecule has 34 heavy (non-hydrogen) atoms. The van der Waals surface area contributed by atoms with Crippen LogP contribution in [0.4, 0.5) is 0 Å². The molecule has 0 spiro atoms. The molecule has 190 valence electrons. The molecule has 2 aromatic carbocycles. The van der Waals surface area contributed by atoms with Crippen molar-refractivity contribution in [3.63, 3.8) is 0 Å². The SMILES string of the molecule is CCCC[C@]1(CC)CS(O)(O)c2cc(CCCS(=O)(=O)O)c(OC)cc2[C@@H](c2ccccc2)N1. The molecule has 9 heteroatoms. The van der Waals surface area contributed by atoms with Crippen LogP contribution in [0.3, 0.4) is 0 Å². The Kier molecular flexibility index (Phi) is 8.70. The van der Waals surface area contributed by atoms with E-state index in [9.17, 15) is 17.5 Å². The maximum absolute atomic E-state index is 11.5. The summed E-state index contributed by atoms with van der Waals surface area (Å²) < 4.78 is 60.1. The van der Waals surface area contributed by atoms with Crippen LogP contribution in [0.1, 0.15) is 68.7 Å². The van der Waals surface area contributed by atoms with E-state index < -0.39 is 26.2 Å². The van der Waals surface area contributed by atoms with Gasteiger partial charge in [-0.3, -0.25) is 19.0 Å². The third kappa shape index (κ3) is 6.33. The molecule has 0 radical (unpaired) electrons. The monoisotopic (exact) mass is 511 g/mol. The van der Waals surface area contributed by atoms with Crippen LogP contribution in [0.25, 0.3) is 0 Å². The Hall–Kier alpha value is -1.62. The fraction of sp³-hybridized carbons (Fsp3) is 0.520. The van der Waals surface area contributed by atoms with Gasteiger partial charge in [0.2, 0.25) is 0 Å². The summed E-state index contributed by atoms with van der Waals surface area (Å²) >= 11 is 0. The zero-order valence-corrected chi connectivity index (χ0v) is 21.8. The highest BCUT2D eigenvalue weighted by Gasteiger charge is 2.42. The van der Waals surface area contributed by atoms with Crippen LogP contribution >= 0.6 is 10.6 Å². The van der Waals surface area contributed by atoms with E-state index in [0.717, 1.165) is 36.8 Å². The molecule has 0 unspecified atom stereocenters. The van der Waals surface area contributed by atoms with Gasteiger partial charge in [0.1, 0.15) is 5.75 Å². The van der Waals surface area contributed by atoms with Gasteiger partial charge in [0.15, 0.2) is 0 Å². The van der Waals surface area contributed by atoms with Gasteiger partial charge in [-0.15, -0.1) is 0 Å². The highest BCUT2D eigenvalue weighted by Crippen LogP contribution is 2.58. The minimum absolute atomic E-state index is 0.197. The van der Waals surface area contributed by atoms with Crippen molar-refractivity contribution in [1.82, 2.24) is 5.32 Å². The molecule has 3 rings (SSSR count). The average molecular weight is 512 g/mol. The maximum Gasteiger partial charge on any atom is 0.264 e. The predicted octanol–water partition coefficient (Wildman–Crippen LogP) is 5.66. The third-order valence-electron chi connectivity index (χ3n) is 6.67. The number of hydrogen-bond donors (Lipinski definition) is 4. The van der Waals surface area contributed by atoms with E-state index in [2.05, 4.69) is 19.2 Å². The van der Waals surface area contributed by atoms with E-state index in [-0.39, 0.29) is 24.0 Å². The molecular weight excluding hydrogens is 474 g/mol. The average Bonchev–Trinajstić information content (AvgIpc) is 2.89. The second-order valence-corrected chi connectivity index (χ2v) is 12.8. The van der Waals surface area contributed by atoms with Crippen LogP contribution in [0, 0.1) is 0 Å². The highest BCUT2D eigenvalue weighted by molar-refractivity contribution is 8.24. The summed E-state index contributed by atoms with van der Waals surface area (Å²) in [5, 5.41) is 3.81. The number of methoxy groups -OCH3 is 1. The first kappa shape index (κ1) is 27.0. The topological polar surface area (TPSA) is 116 Å². The summed E-state index contributed by atoms with van der Waals surface area (Å²) in [5.74, 6) is 0.404. The highest BCUT2D eigenvalue weighted by atomic mass is 32.3. The maximum atomic E-state index is 11.5. The van der Waals surface area contributed by atoms with Gasteiger partial charge in [0.05, 0.1) is 29.6 Å². The molecule has 1 heterocycles. The van der Waals surface area contributed by atoms with E-state index in [4.69, 9.17) is 9.29 Å². The second-order valence-electron chi connectivity index (χ2n) is 9.13. The molecule has 2 aromatic rings. The zero-order chi connectivity index (χ0) is 25.0. The van der Waals surface area contributed by atoms with Gasteiger partial charge < -0.3 is 4.74 Å². The molecule has 4 N–H and O–H groups in total. The zero-order valence-electron chi connectivity index (χ0n) is 20.2. The minimum atomic E-state index is -4.08. The molecule has 0 amide bonds. The molecule has 1 aliphatic rings. The number of hydrogen-bond acceptors (Lipinski definition) is 6. The lowest BCUT2D eigenvalue weighted by Crippen LogP contribution is -2.49. The summed E-state index contributed by atoms with van der Waals surface area (Å²) in [6.07, 6.45) is 4.08. The molecular formula is C25H37NO6S2. The molecule has 1 aliphatic heterocycles. The van der Waals surface area contributed by atoms with Crippen LogP contribution < -0.4 is 10.1 Å². The quantitative estimate of drug-likeness (QED) is 0.304. The van der Waals surface area contributed by atoms with Gasteiger partial charge in [0, 0.05) is 11.1 Å². The van der Waals surface area contributed by atoms with Gasteiger partial charge in [-0.1, -0.05) is 57.0 Å². The Morgan fingerprint density at radius 3 is 2.44 bits per heavy atom. The van der Waals surface area contributed by atoms with E-state index in [1.54, 1.807) is 13.2 Å². The van der Waals surface area contributed by atoms with E-state index in [1.807, 2.05) is 36.4 Å². The van der Waals surface area contributed by atoms with E-state index >= 15 is 0 Å². The van der Waals surface area contributed by atoms with Gasteiger partial charge in [0.25, 0.3) is 10.1 Å². The van der Waals surface area contributed by atoms with Crippen LogP contribution in [-0.4, -0.2) is 46.2 Å². The van der Waals surface area contributed by atoms with Gasteiger partial charge in [-0.2, -0.15) is 19.0 Å². The first-order valence-corrected chi connectivity index (χ1v) is 15.1. The molecule has 0 aliphatic carbocycles. The number of nitrogens with one attached hydrogen (secondary N) is 1. The smallest absolute Gasteiger partial charge is 0.264 e. The second kappa shape index (κ2) is 11.0. The van der Waals surface area contributed by atoms with Crippen LogP contribution in [0.15, 0.2) is 47.4 Å². The van der Waals surface area contributed by atoms with Gasteiger partial charge in [-0.25, -0.2) is 0 Å². The Labute approximate surface area is 205 Å². The van der Waals surface area contributed by atoms with Crippen molar-refractivity contribution in [2.24, 2.45) is 0 Å². The fourth-order valence-corrected chi connectivity index (χ4v) is 7.55. The number of rotatable bonds is 10. The third-order valence-corrected chi connectivity index (χ3v) is 9.49. The molecule has 0 fully saturated rings. The number of benzene rings is 2. The van der Waals surface area contributed by atoms with Crippen molar-refractivity contribution in [1.29, 1.82) is 0 Å². The lowest BCUT2D eigenvalue weighted by molar-refractivity contribution is 0.290. The van der Waals surface area contributed by atoms with Crippen molar-refractivity contribution >= 4 is 20.7 Å². The molecule has 0 saturated carbocycles. The lowest BCUT2D eigenvalue weighted by Gasteiger charge is -2.42. The Bertz CT molecular complexity index is 1070. The van der Waals surface area contributed by atoms with Crippen LogP contribution in [-0.2, 0) is 16.5 Å². The van der Waals surface area contributed by atoms with Crippen molar-refractivity contribution in [3.8, 4) is 5.75 Å². The van der Waals surface area contributed by atoms with Crippen LogP contribution in [0.5, 0.6) is 5.75 Å². The first-order valence-electron chi connectivity index (χ1n) is 11.8. The standard InChI is InChI=1S/C25H37NO6S2/c1-4-6-14-25(5-2)18-33(27,28)23-16-20(13-10-15-34(29,30)31)22(32-3)17-21(23)24(26-25)19-11-8-7-9-12-19/h7-9,11-12,16-17,24,26-28H,4-6,10,13-15,18H2,1-3H3,(H,29,30,31)/t24-,25-/m1/s1. The van der Waals surface area contributed by atoms with Crippen LogP contribution in [0.2, 0.25) is 0 Å². The molecule has 0 saturated heterocycles. The van der Waals surface area contributed by atoms with Gasteiger partial charge >= 0.3 is 0 Å². The predicted molar refractivity (Wildman–Crippen MR) is 138 cm³/mol. The number of ether oxygens (including phenoxy) is 1. The van der Waals surface area contributed by atoms with E-state index in [0.29, 0.717) is 22.6 Å². The molecule has 7 nitrogen and oxygen atoms in total. The minimum Gasteiger partial charge on any atom is -0.496 e. The summed E-state index contributed by atoms with van der Waals surface area (Å²) in [6.45, 7) is 4.21. The Morgan fingerprint density at radius 2 is 1.85 bits per heavy atom. The van der Waals surface area contributed by atoms with Crippen molar-refractivity contribution in [2.75, 3.05) is 18.6 Å². The first-order chi connectivity index (χ1) is 16.0. The van der Waals surface area contributed by atoms with E-state index in [1.165, 1.54) is 0 Å². The largest absolute Gasteiger partial charge is 0.496 e. The molecule has 0 bridgehead atoms.